The van der Waals surface area contributed by atoms with Gasteiger partial charge >= 0.3 is 6.09 Å². The number of carbonyl (C=O) groups is 2. The number of likely N-dealkylation sites (tertiary alicyclic amines) is 1. The van der Waals surface area contributed by atoms with Crippen molar-refractivity contribution in [1.82, 2.24) is 24.6 Å². The minimum Gasteiger partial charge on any atom is -0.391 e. The van der Waals surface area contributed by atoms with Crippen molar-refractivity contribution in [2.75, 3.05) is 13.1 Å². The second-order valence-corrected chi connectivity index (χ2v) is 11.3. The summed E-state index contributed by atoms with van der Waals surface area (Å²) in [5.41, 5.74) is 2.74. The minimum absolute atomic E-state index is 0.0507. The largest absolute Gasteiger partial charge is 0.414 e. The zero-order valence-corrected chi connectivity index (χ0v) is 21.6. The van der Waals surface area contributed by atoms with Crippen molar-refractivity contribution in [3.8, 4) is 16.3 Å². The van der Waals surface area contributed by atoms with Gasteiger partial charge in [-0.1, -0.05) is 29.8 Å². The van der Waals surface area contributed by atoms with Gasteiger partial charge in [0, 0.05) is 36.6 Å². The molecule has 1 aliphatic carbocycles. The van der Waals surface area contributed by atoms with Crippen molar-refractivity contribution in [1.29, 1.82) is 0 Å². The highest BCUT2D eigenvalue weighted by atomic mass is 32.1. The lowest BCUT2D eigenvalue weighted by Crippen LogP contribution is -2.50. The van der Waals surface area contributed by atoms with Crippen molar-refractivity contribution in [3.05, 3.63) is 58.3 Å². The van der Waals surface area contributed by atoms with Crippen LogP contribution in [0.5, 0.6) is 5.88 Å². The van der Waals surface area contributed by atoms with Gasteiger partial charge in [0.05, 0.1) is 16.1 Å². The first-order valence-corrected chi connectivity index (χ1v) is 14.0. The Morgan fingerprint density at radius 1 is 1.22 bits per heavy atom. The van der Waals surface area contributed by atoms with Crippen LogP contribution in [0.2, 0.25) is 0 Å². The highest BCUT2D eigenvalue weighted by molar-refractivity contribution is 7.15. The van der Waals surface area contributed by atoms with Gasteiger partial charge in [0.2, 0.25) is 5.88 Å². The number of ether oxygens (including phenoxy) is 1. The smallest absolute Gasteiger partial charge is 0.391 e. The topological polar surface area (TPSA) is 88.8 Å². The summed E-state index contributed by atoms with van der Waals surface area (Å²) in [5, 5.41) is 5.81. The van der Waals surface area contributed by atoms with Gasteiger partial charge in [0.25, 0.3) is 5.91 Å². The van der Waals surface area contributed by atoms with Crippen LogP contribution < -0.4 is 10.1 Å². The lowest BCUT2D eigenvalue weighted by Gasteiger charge is -2.35. The van der Waals surface area contributed by atoms with Crippen LogP contribution in [-0.2, 0) is 0 Å². The number of aryl methyl sites for hydroxylation is 1. The molecular formula is C26H27N5O3S2. The SMILES string of the molecule is Cc1cccc(-c2sc(C3CC3)nc2C(=O)N2CCCC[C@H]2CNC(=O)Oc2cnc3sccn23)c1. The summed E-state index contributed by atoms with van der Waals surface area (Å²) in [6.45, 7) is 3.05. The second-order valence-electron chi connectivity index (χ2n) is 9.44. The Balaban J connectivity index is 1.19. The number of hydrogen-bond acceptors (Lipinski definition) is 7. The quantitative estimate of drug-likeness (QED) is 0.363. The van der Waals surface area contributed by atoms with E-state index >= 15 is 0 Å². The predicted octanol–water partition coefficient (Wildman–Crippen LogP) is 5.49. The molecular weight excluding hydrogens is 494 g/mol. The Hall–Kier alpha value is -3.24. The van der Waals surface area contributed by atoms with Crippen molar-refractivity contribution in [3.63, 3.8) is 0 Å². The number of amides is 2. The molecule has 1 N–H and O–H groups in total. The second kappa shape index (κ2) is 9.67. The summed E-state index contributed by atoms with van der Waals surface area (Å²) < 4.78 is 7.19. The monoisotopic (exact) mass is 521 g/mol. The van der Waals surface area contributed by atoms with E-state index in [-0.39, 0.29) is 11.9 Å². The first-order valence-electron chi connectivity index (χ1n) is 12.3. The molecule has 3 aromatic heterocycles. The Labute approximate surface area is 216 Å². The molecule has 186 valence electrons. The third-order valence-electron chi connectivity index (χ3n) is 6.73. The molecule has 1 aromatic carbocycles. The fourth-order valence-corrected chi connectivity index (χ4v) is 6.60. The number of nitrogens with one attached hydrogen (secondary N) is 1. The predicted molar refractivity (Wildman–Crippen MR) is 140 cm³/mol. The van der Waals surface area contributed by atoms with Crippen LogP contribution >= 0.6 is 22.7 Å². The van der Waals surface area contributed by atoms with Crippen molar-refractivity contribution < 1.29 is 14.3 Å². The van der Waals surface area contributed by atoms with Crippen molar-refractivity contribution in [2.24, 2.45) is 0 Å². The van der Waals surface area contributed by atoms with Gasteiger partial charge in [-0.3, -0.25) is 9.20 Å². The number of rotatable bonds is 6. The average molecular weight is 522 g/mol. The molecule has 1 atom stereocenters. The fourth-order valence-electron chi connectivity index (χ4n) is 4.70. The molecule has 8 nitrogen and oxygen atoms in total. The van der Waals surface area contributed by atoms with E-state index in [4.69, 9.17) is 9.72 Å². The van der Waals surface area contributed by atoms with Crippen LogP contribution in [0.15, 0.2) is 42.0 Å². The summed E-state index contributed by atoms with van der Waals surface area (Å²) in [4.78, 5) is 39.1. The number of benzene rings is 1. The summed E-state index contributed by atoms with van der Waals surface area (Å²) in [6, 6.07) is 8.15. The molecule has 1 aliphatic heterocycles. The van der Waals surface area contributed by atoms with Crippen LogP contribution in [0.4, 0.5) is 4.79 Å². The molecule has 10 heteroatoms. The summed E-state index contributed by atoms with van der Waals surface area (Å²) in [6.07, 6.45) is 7.86. The van der Waals surface area contributed by atoms with Gasteiger partial charge in [0.15, 0.2) is 4.96 Å². The van der Waals surface area contributed by atoms with Gasteiger partial charge in [-0.2, -0.15) is 0 Å². The van der Waals surface area contributed by atoms with Gasteiger partial charge in [-0.15, -0.1) is 22.7 Å². The molecule has 6 rings (SSSR count). The molecule has 0 unspecified atom stereocenters. The maximum Gasteiger partial charge on any atom is 0.414 e. The van der Waals surface area contributed by atoms with Gasteiger partial charge in [0.1, 0.15) is 5.69 Å². The number of thiazole rings is 2. The van der Waals surface area contributed by atoms with Crippen LogP contribution in [0.3, 0.4) is 0 Å². The minimum atomic E-state index is -0.550. The zero-order valence-electron chi connectivity index (χ0n) is 20.0. The van der Waals surface area contributed by atoms with Gasteiger partial charge < -0.3 is 15.0 Å². The summed E-state index contributed by atoms with van der Waals surface area (Å²) in [5.74, 6) is 0.801. The lowest BCUT2D eigenvalue weighted by molar-refractivity contribution is 0.0607. The molecule has 36 heavy (non-hydrogen) atoms. The van der Waals surface area contributed by atoms with Crippen LogP contribution in [0, 0.1) is 6.92 Å². The standard InChI is InChI=1S/C26H27N5O3S2/c1-16-5-4-6-18(13-16)22-21(29-23(36-22)17-8-9-17)24(32)30-10-3-2-7-19(30)14-28-26(33)34-20-15-27-25-31(20)11-12-35-25/h4-6,11-13,15,17,19H,2-3,7-10,14H2,1H3,(H,28,33)/t19-/m0/s1. The van der Waals surface area contributed by atoms with Gasteiger partial charge in [-0.25, -0.2) is 14.8 Å². The molecule has 2 fully saturated rings. The third-order valence-corrected chi connectivity index (χ3v) is 8.77. The normalized spacial score (nSPS) is 17.9. The number of imidazole rings is 1. The lowest BCUT2D eigenvalue weighted by atomic mass is 10.0. The Kier molecular flexibility index (Phi) is 6.22. The number of fused-ring (bicyclic) bond motifs is 1. The van der Waals surface area contributed by atoms with E-state index in [1.165, 1.54) is 17.5 Å². The Morgan fingerprint density at radius 2 is 2.11 bits per heavy atom. The fraction of sp³-hybridized carbons (Fsp3) is 0.385. The molecule has 4 heterocycles. The number of nitrogens with zero attached hydrogens (tertiary/aromatic N) is 4. The molecule has 0 spiro atoms. The maximum atomic E-state index is 13.9. The van der Waals surface area contributed by atoms with E-state index in [1.807, 2.05) is 22.5 Å². The number of carbonyl (C=O) groups excluding carboxylic acids is 2. The molecule has 2 aliphatic rings. The Bertz CT molecular complexity index is 1420. The van der Waals surface area contributed by atoms with E-state index < -0.39 is 6.09 Å². The summed E-state index contributed by atoms with van der Waals surface area (Å²) in [7, 11) is 0. The van der Waals surface area contributed by atoms with Crippen molar-refractivity contribution >= 4 is 39.6 Å². The van der Waals surface area contributed by atoms with Crippen LogP contribution in [0.1, 0.15) is 59.1 Å². The van der Waals surface area contributed by atoms with E-state index in [0.29, 0.717) is 30.6 Å². The van der Waals surface area contributed by atoms with Gasteiger partial charge in [-0.05, 0) is 44.6 Å². The van der Waals surface area contributed by atoms with E-state index in [1.54, 1.807) is 15.7 Å². The third kappa shape index (κ3) is 4.62. The maximum absolute atomic E-state index is 13.9. The highest BCUT2D eigenvalue weighted by Gasteiger charge is 2.34. The first kappa shape index (κ1) is 23.2. The Morgan fingerprint density at radius 3 is 2.94 bits per heavy atom. The number of hydrogen-bond donors (Lipinski definition) is 1. The zero-order chi connectivity index (χ0) is 24.6. The molecule has 1 saturated carbocycles. The van der Waals surface area contributed by atoms with E-state index in [2.05, 4.69) is 35.4 Å². The molecule has 0 bridgehead atoms. The van der Waals surface area contributed by atoms with Crippen LogP contribution in [-0.4, -0.2) is 50.4 Å². The average Bonchev–Trinajstić information content (AvgIpc) is 3.29. The van der Waals surface area contributed by atoms with E-state index in [0.717, 1.165) is 58.1 Å². The molecule has 2 amide bonds. The molecule has 1 saturated heterocycles. The van der Waals surface area contributed by atoms with Crippen molar-refractivity contribution in [2.45, 2.75) is 51.0 Å². The molecule has 4 aromatic rings. The first-order chi connectivity index (χ1) is 17.6. The number of piperidine rings is 1. The summed E-state index contributed by atoms with van der Waals surface area (Å²) >= 11 is 3.12. The number of aromatic nitrogens is 3. The van der Waals surface area contributed by atoms with Crippen LogP contribution in [0.25, 0.3) is 15.4 Å². The molecule has 0 radical (unpaired) electrons. The highest BCUT2D eigenvalue weighted by Crippen LogP contribution is 2.45. The van der Waals surface area contributed by atoms with E-state index in [9.17, 15) is 9.59 Å².